The maximum atomic E-state index is 15.3. The number of para-hydroxylation sites is 1. The summed E-state index contributed by atoms with van der Waals surface area (Å²) in [5.74, 6) is -3.62. The molecule has 1 amide bonds. The summed E-state index contributed by atoms with van der Waals surface area (Å²) in [6, 6.07) is 5.96. The highest BCUT2D eigenvalue weighted by molar-refractivity contribution is 6.36. The van der Waals surface area contributed by atoms with Crippen LogP contribution in [0.5, 0.6) is 0 Å². The Kier molecular flexibility index (Phi) is 6.61. The molecule has 0 bridgehead atoms. The highest BCUT2D eigenvalue weighted by Crippen LogP contribution is 2.42. The van der Waals surface area contributed by atoms with E-state index in [1.54, 1.807) is 0 Å². The van der Waals surface area contributed by atoms with Crippen LogP contribution in [-0.2, 0) is 0 Å². The molecule has 0 unspecified atom stereocenters. The fourth-order valence-electron chi connectivity index (χ4n) is 4.52. The molecule has 38 heavy (non-hydrogen) atoms. The molecule has 4 aromatic rings. The second-order valence-electron chi connectivity index (χ2n) is 9.30. The van der Waals surface area contributed by atoms with E-state index < -0.39 is 34.6 Å². The highest BCUT2D eigenvalue weighted by atomic mass is 35.5. The Balaban J connectivity index is 1.62. The van der Waals surface area contributed by atoms with Gasteiger partial charge in [0.2, 0.25) is 0 Å². The lowest BCUT2D eigenvalue weighted by Gasteiger charge is -2.23. The highest BCUT2D eigenvalue weighted by Gasteiger charge is 2.29. The number of nitrogens with zero attached hydrogens (tertiary/aromatic N) is 5. The van der Waals surface area contributed by atoms with Crippen molar-refractivity contribution in [3.8, 4) is 5.69 Å². The van der Waals surface area contributed by atoms with Gasteiger partial charge in [0.1, 0.15) is 22.1 Å². The van der Waals surface area contributed by atoms with Crippen LogP contribution in [0.15, 0.2) is 41.2 Å². The molecule has 13 heteroatoms. The molecule has 2 aromatic carbocycles. The summed E-state index contributed by atoms with van der Waals surface area (Å²) in [5, 5.41) is 11.3. The molecule has 198 valence electrons. The Morgan fingerprint density at radius 1 is 1.11 bits per heavy atom. The van der Waals surface area contributed by atoms with Gasteiger partial charge in [0, 0.05) is 37.3 Å². The standard InChI is InChI=1S/C25H23ClF3N7O2/c1-12(2)35-24(26)20-21(33-35)16(29)10-18(23(20)34-9-8-13(30)11-34)31-25(38)17-6-7-19(37)36(32-17)22-14(27)4-3-5-15(22)28/h3-7,10,12-13H,8-9,11,30H2,1-2H3,(H,31,38)/t13-/m1/s1. The van der Waals surface area contributed by atoms with E-state index in [1.165, 1.54) is 4.68 Å². The third-order valence-electron chi connectivity index (χ3n) is 6.30. The zero-order valence-corrected chi connectivity index (χ0v) is 21.1. The number of nitrogens with two attached hydrogens (primary N) is 1. The fourth-order valence-corrected chi connectivity index (χ4v) is 4.93. The van der Waals surface area contributed by atoms with E-state index in [0.29, 0.717) is 35.3 Å². The lowest BCUT2D eigenvalue weighted by Crippen LogP contribution is -2.28. The minimum absolute atomic E-state index is 0.0406. The molecule has 0 aliphatic carbocycles. The largest absolute Gasteiger partial charge is 0.368 e. The average Bonchev–Trinajstić information content (AvgIpc) is 3.44. The molecule has 9 nitrogen and oxygen atoms in total. The zero-order chi connectivity index (χ0) is 27.3. The second-order valence-corrected chi connectivity index (χ2v) is 9.65. The van der Waals surface area contributed by atoms with Crippen LogP contribution in [0.4, 0.5) is 24.5 Å². The molecular formula is C25H23ClF3N7O2. The van der Waals surface area contributed by atoms with Crippen molar-refractivity contribution in [1.29, 1.82) is 0 Å². The first-order valence-corrected chi connectivity index (χ1v) is 12.2. The van der Waals surface area contributed by atoms with Crippen LogP contribution >= 0.6 is 11.6 Å². The number of fused-ring (bicyclic) bond motifs is 1. The SMILES string of the molecule is CC(C)n1nc2c(F)cc(NC(=O)c3ccc(=O)n(-c4c(F)cccc4F)n3)c(N3CC[C@@H](N)C3)c2c1Cl. The topological polar surface area (TPSA) is 111 Å². The Hall–Kier alpha value is -3.90. The van der Waals surface area contributed by atoms with Crippen molar-refractivity contribution in [2.24, 2.45) is 5.73 Å². The number of aromatic nitrogens is 4. The van der Waals surface area contributed by atoms with E-state index in [4.69, 9.17) is 17.3 Å². The van der Waals surface area contributed by atoms with Gasteiger partial charge in [-0.15, -0.1) is 0 Å². The van der Waals surface area contributed by atoms with Crippen LogP contribution in [-0.4, -0.2) is 44.6 Å². The molecule has 5 rings (SSSR count). The number of hydrogen-bond acceptors (Lipinski definition) is 6. The first-order valence-electron chi connectivity index (χ1n) is 11.8. The van der Waals surface area contributed by atoms with Gasteiger partial charge in [-0.2, -0.15) is 14.9 Å². The number of nitrogens with one attached hydrogen (secondary N) is 1. The Morgan fingerprint density at radius 2 is 1.82 bits per heavy atom. The number of carbonyl (C=O) groups is 1. The van der Waals surface area contributed by atoms with Crippen molar-refractivity contribution in [1.82, 2.24) is 19.6 Å². The Labute approximate surface area is 219 Å². The molecule has 1 aliphatic heterocycles. The number of benzene rings is 2. The smallest absolute Gasteiger partial charge is 0.276 e. The van der Waals surface area contributed by atoms with E-state index in [0.717, 1.165) is 36.4 Å². The molecule has 3 N–H and O–H groups in total. The van der Waals surface area contributed by atoms with Crippen LogP contribution in [0.1, 0.15) is 36.8 Å². The molecule has 1 saturated heterocycles. The molecule has 0 radical (unpaired) electrons. The van der Waals surface area contributed by atoms with Crippen LogP contribution in [0, 0.1) is 17.5 Å². The maximum absolute atomic E-state index is 15.3. The number of carbonyl (C=O) groups excluding carboxylic acids is 1. The van der Waals surface area contributed by atoms with Crippen LogP contribution < -0.4 is 21.5 Å². The summed E-state index contributed by atoms with van der Waals surface area (Å²) in [4.78, 5) is 27.5. The van der Waals surface area contributed by atoms with Gasteiger partial charge in [0.15, 0.2) is 17.5 Å². The van der Waals surface area contributed by atoms with E-state index in [9.17, 15) is 18.4 Å². The Morgan fingerprint density at radius 3 is 2.45 bits per heavy atom. The van der Waals surface area contributed by atoms with Gasteiger partial charge >= 0.3 is 0 Å². The van der Waals surface area contributed by atoms with E-state index in [2.05, 4.69) is 15.5 Å². The van der Waals surface area contributed by atoms with Crippen LogP contribution in [0.3, 0.4) is 0 Å². The first kappa shape index (κ1) is 25.7. The van der Waals surface area contributed by atoms with E-state index >= 15 is 4.39 Å². The number of anilines is 2. The molecule has 0 saturated carbocycles. The summed E-state index contributed by atoms with van der Waals surface area (Å²) < 4.78 is 45.9. The number of amides is 1. The second kappa shape index (κ2) is 9.76. The van der Waals surface area contributed by atoms with Crippen molar-refractivity contribution in [2.45, 2.75) is 32.4 Å². The maximum Gasteiger partial charge on any atom is 0.276 e. The molecule has 3 heterocycles. The summed E-state index contributed by atoms with van der Waals surface area (Å²) >= 11 is 6.65. The Bertz CT molecular complexity index is 1620. The predicted octanol–water partition coefficient (Wildman–Crippen LogP) is 4.02. The van der Waals surface area contributed by atoms with Crippen molar-refractivity contribution < 1.29 is 18.0 Å². The summed E-state index contributed by atoms with van der Waals surface area (Å²) in [6.07, 6.45) is 0.670. The van der Waals surface area contributed by atoms with Crippen molar-refractivity contribution in [3.63, 3.8) is 0 Å². The van der Waals surface area contributed by atoms with Crippen LogP contribution in [0.2, 0.25) is 5.15 Å². The zero-order valence-electron chi connectivity index (χ0n) is 20.4. The lowest BCUT2D eigenvalue weighted by atomic mass is 10.1. The van der Waals surface area contributed by atoms with E-state index in [1.807, 2.05) is 18.7 Å². The summed E-state index contributed by atoms with van der Waals surface area (Å²) in [7, 11) is 0. The molecule has 0 spiro atoms. The monoisotopic (exact) mass is 545 g/mol. The van der Waals surface area contributed by atoms with E-state index in [-0.39, 0.29) is 34.1 Å². The predicted molar refractivity (Wildman–Crippen MR) is 138 cm³/mol. The third-order valence-corrected chi connectivity index (χ3v) is 6.66. The van der Waals surface area contributed by atoms with Crippen molar-refractivity contribution >= 4 is 39.8 Å². The first-order chi connectivity index (χ1) is 18.1. The number of halogens is 4. The molecule has 1 atom stereocenters. The molecule has 1 fully saturated rings. The summed E-state index contributed by atoms with van der Waals surface area (Å²) in [6.45, 7) is 4.66. The van der Waals surface area contributed by atoms with Gasteiger partial charge in [-0.05, 0) is 38.5 Å². The van der Waals surface area contributed by atoms with Gasteiger partial charge in [-0.25, -0.2) is 13.2 Å². The quantitative estimate of drug-likeness (QED) is 0.392. The molecule has 2 aromatic heterocycles. The minimum atomic E-state index is -1.03. The lowest BCUT2D eigenvalue weighted by molar-refractivity contribution is 0.102. The summed E-state index contributed by atoms with van der Waals surface area (Å²) in [5.41, 5.74) is 4.77. The van der Waals surface area contributed by atoms with Gasteiger partial charge in [-0.1, -0.05) is 17.7 Å². The fraction of sp³-hybridized carbons (Fsp3) is 0.280. The van der Waals surface area contributed by atoms with Gasteiger partial charge in [0.05, 0.1) is 16.8 Å². The van der Waals surface area contributed by atoms with Gasteiger partial charge in [0.25, 0.3) is 11.5 Å². The number of rotatable bonds is 5. The van der Waals surface area contributed by atoms with Gasteiger partial charge in [-0.3, -0.25) is 14.3 Å². The minimum Gasteiger partial charge on any atom is -0.368 e. The molecule has 1 aliphatic rings. The van der Waals surface area contributed by atoms with Crippen molar-refractivity contribution in [3.05, 3.63) is 75.1 Å². The van der Waals surface area contributed by atoms with Gasteiger partial charge < -0.3 is 16.0 Å². The van der Waals surface area contributed by atoms with Crippen LogP contribution in [0.25, 0.3) is 16.6 Å². The number of hydrogen-bond donors (Lipinski definition) is 2. The molecular weight excluding hydrogens is 523 g/mol. The third kappa shape index (κ3) is 4.39. The average molecular weight is 546 g/mol. The van der Waals surface area contributed by atoms with Crippen molar-refractivity contribution in [2.75, 3.05) is 23.3 Å². The normalized spacial score (nSPS) is 15.6.